The van der Waals surface area contributed by atoms with Gasteiger partial charge in [-0.3, -0.25) is 0 Å². The predicted octanol–water partition coefficient (Wildman–Crippen LogP) is 4.72. The molecule has 0 aliphatic carbocycles. The van der Waals surface area contributed by atoms with Crippen LogP contribution in [0.2, 0.25) is 0 Å². The van der Waals surface area contributed by atoms with Crippen LogP contribution in [0.15, 0.2) is 61.2 Å². The molecule has 1 aromatic carbocycles. The molecule has 0 heterocycles. The second kappa shape index (κ2) is 14.9. The molecule has 1 aromatic rings. The first-order valence-electron chi connectivity index (χ1n) is 8.40. The standard InChI is InChI=1S/C16H20O2.C5H8O2/c1-3-4-13-18-16(17)14(2)9-8-12-15-10-6-5-7-11-15;1-3-5(6)7-4-2/h5-8,10-12H,2-4,9,13H2,1H3;3H,1,4H2,2H3. The number of benzene rings is 1. The van der Waals surface area contributed by atoms with Crippen LogP contribution >= 0.6 is 0 Å². The van der Waals surface area contributed by atoms with Crippen molar-refractivity contribution in [2.45, 2.75) is 33.1 Å². The first kappa shape index (κ1) is 22.4. The fourth-order valence-corrected chi connectivity index (χ4v) is 1.60. The smallest absolute Gasteiger partial charge is 0.333 e. The third kappa shape index (κ3) is 12.5. The predicted molar refractivity (Wildman–Crippen MR) is 102 cm³/mol. The molecule has 0 bridgehead atoms. The Morgan fingerprint density at radius 2 is 1.80 bits per heavy atom. The molecule has 4 heteroatoms. The molecule has 1 rings (SSSR count). The molecule has 0 aromatic heterocycles. The van der Waals surface area contributed by atoms with Gasteiger partial charge in [-0.05, 0) is 25.3 Å². The van der Waals surface area contributed by atoms with E-state index in [1.807, 2.05) is 42.5 Å². The van der Waals surface area contributed by atoms with E-state index >= 15 is 0 Å². The van der Waals surface area contributed by atoms with E-state index in [0.29, 0.717) is 25.2 Å². The summed E-state index contributed by atoms with van der Waals surface area (Å²) in [5.41, 5.74) is 1.61. The van der Waals surface area contributed by atoms with Gasteiger partial charge >= 0.3 is 11.9 Å². The summed E-state index contributed by atoms with van der Waals surface area (Å²) in [6.07, 6.45) is 7.50. The summed E-state index contributed by atoms with van der Waals surface area (Å²) in [5.74, 6) is -0.649. The summed E-state index contributed by atoms with van der Waals surface area (Å²) < 4.78 is 9.51. The molecule has 0 N–H and O–H groups in total. The van der Waals surface area contributed by atoms with E-state index in [0.717, 1.165) is 24.5 Å². The van der Waals surface area contributed by atoms with Gasteiger partial charge in [0.2, 0.25) is 0 Å². The number of esters is 2. The van der Waals surface area contributed by atoms with Gasteiger partial charge in [-0.1, -0.05) is 69.0 Å². The highest BCUT2D eigenvalue weighted by atomic mass is 16.5. The maximum atomic E-state index is 11.5. The average Bonchev–Trinajstić information content (AvgIpc) is 2.63. The van der Waals surface area contributed by atoms with Crippen LogP contribution in [0.3, 0.4) is 0 Å². The normalized spacial score (nSPS) is 9.68. The fourth-order valence-electron chi connectivity index (χ4n) is 1.60. The number of unbranched alkanes of at least 4 members (excludes halogenated alkanes) is 1. The number of hydrogen-bond acceptors (Lipinski definition) is 4. The van der Waals surface area contributed by atoms with Crippen LogP contribution in [-0.2, 0) is 19.1 Å². The van der Waals surface area contributed by atoms with Gasteiger partial charge in [0.25, 0.3) is 0 Å². The second-order valence-electron chi connectivity index (χ2n) is 5.07. The molecule has 0 spiro atoms. The number of allylic oxidation sites excluding steroid dienone is 1. The SMILES string of the molecule is C=C(CC=Cc1ccccc1)C(=O)OCCCC.C=CC(=O)OCC. The lowest BCUT2D eigenvalue weighted by Crippen LogP contribution is -2.07. The lowest BCUT2D eigenvalue weighted by atomic mass is 10.1. The monoisotopic (exact) mass is 344 g/mol. The number of rotatable bonds is 9. The van der Waals surface area contributed by atoms with Crippen molar-refractivity contribution >= 4 is 18.0 Å². The zero-order valence-electron chi connectivity index (χ0n) is 15.2. The molecule has 4 nitrogen and oxygen atoms in total. The van der Waals surface area contributed by atoms with Crippen LogP contribution in [0.4, 0.5) is 0 Å². The quantitative estimate of drug-likeness (QED) is 0.369. The van der Waals surface area contributed by atoms with Crippen molar-refractivity contribution in [3.63, 3.8) is 0 Å². The summed E-state index contributed by atoms with van der Waals surface area (Å²) >= 11 is 0. The van der Waals surface area contributed by atoms with Crippen LogP contribution in [0.1, 0.15) is 38.7 Å². The van der Waals surface area contributed by atoms with Crippen molar-refractivity contribution < 1.29 is 19.1 Å². The molecule has 136 valence electrons. The van der Waals surface area contributed by atoms with E-state index in [4.69, 9.17) is 4.74 Å². The Labute approximate surface area is 150 Å². The van der Waals surface area contributed by atoms with Gasteiger partial charge < -0.3 is 9.47 Å². The molecule has 0 unspecified atom stereocenters. The third-order valence-corrected chi connectivity index (χ3v) is 2.95. The second-order valence-corrected chi connectivity index (χ2v) is 5.07. The number of carbonyl (C=O) groups excluding carboxylic acids is 2. The van der Waals surface area contributed by atoms with Gasteiger partial charge in [-0.15, -0.1) is 0 Å². The number of carbonyl (C=O) groups is 2. The lowest BCUT2D eigenvalue weighted by molar-refractivity contribution is -0.139. The molecular formula is C21H28O4. The highest BCUT2D eigenvalue weighted by molar-refractivity contribution is 5.88. The zero-order chi connectivity index (χ0) is 18.9. The van der Waals surface area contributed by atoms with Gasteiger partial charge in [-0.2, -0.15) is 0 Å². The first-order chi connectivity index (χ1) is 12.0. The van der Waals surface area contributed by atoms with E-state index in [1.54, 1.807) is 6.92 Å². The Kier molecular flexibility index (Phi) is 13.4. The van der Waals surface area contributed by atoms with Crippen molar-refractivity contribution in [2.24, 2.45) is 0 Å². The van der Waals surface area contributed by atoms with E-state index in [9.17, 15) is 9.59 Å². The summed E-state index contributed by atoms with van der Waals surface area (Å²) in [5, 5.41) is 0. The van der Waals surface area contributed by atoms with Gasteiger partial charge in [0.15, 0.2) is 0 Å². The minimum absolute atomic E-state index is 0.291. The summed E-state index contributed by atoms with van der Waals surface area (Å²) in [4.78, 5) is 21.6. The Bertz CT molecular complexity index is 559. The molecule has 0 fully saturated rings. The van der Waals surface area contributed by atoms with Crippen LogP contribution in [0, 0.1) is 0 Å². The van der Waals surface area contributed by atoms with Crippen molar-refractivity contribution in [1.82, 2.24) is 0 Å². The van der Waals surface area contributed by atoms with Crippen LogP contribution in [-0.4, -0.2) is 25.2 Å². The number of hydrogen-bond donors (Lipinski definition) is 0. The lowest BCUT2D eigenvalue weighted by Gasteiger charge is -2.04. The molecule has 0 radical (unpaired) electrons. The molecule has 0 amide bonds. The van der Waals surface area contributed by atoms with E-state index < -0.39 is 0 Å². The molecule has 0 atom stereocenters. The fraction of sp³-hybridized carbons (Fsp3) is 0.333. The zero-order valence-corrected chi connectivity index (χ0v) is 15.2. The summed E-state index contributed by atoms with van der Waals surface area (Å²) in [6.45, 7) is 11.7. The Morgan fingerprint density at radius 3 is 2.32 bits per heavy atom. The highest BCUT2D eigenvalue weighted by Crippen LogP contribution is 2.07. The summed E-state index contributed by atoms with van der Waals surface area (Å²) in [6, 6.07) is 9.96. The van der Waals surface area contributed by atoms with Crippen molar-refractivity contribution in [3.05, 3.63) is 66.8 Å². The van der Waals surface area contributed by atoms with Gasteiger partial charge in [0.05, 0.1) is 13.2 Å². The molecule has 0 saturated heterocycles. The van der Waals surface area contributed by atoms with Crippen LogP contribution in [0.5, 0.6) is 0 Å². The minimum atomic E-state index is -0.359. The molecule has 0 aliphatic heterocycles. The maximum absolute atomic E-state index is 11.5. The van der Waals surface area contributed by atoms with Crippen molar-refractivity contribution in [1.29, 1.82) is 0 Å². The topological polar surface area (TPSA) is 52.6 Å². The largest absolute Gasteiger partial charge is 0.463 e. The van der Waals surface area contributed by atoms with E-state index in [2.05, 4.69) is 24.8 Å². The first-order valence-corrected chi connectivity index (χ1v) is 8.40. The average molecular weight is 344 g/mol. The highest BCUT2D eigenvalue weighted by Gasteiger charge is 2.05. The molecule has 0 saturated carbocycles. The Hall–Kier alpha value is -2.62. The molecular weight excluding hydrogens is 316 g/mol. The van der Waals surface area contributed by atoms with Crippen molar-refractivity contribution in [2.75, 3.05) is 13.2 Å². The van der Waals surface area contributed by atoms with E-state index in [-0.39, 0.29) is 11.9 Å². The minimum Gasteiger partial charge on any atom is -0.463 e. The van der Waals surface area contributed by atoms with Gasteiger partial charge in [-0.25, -0.2) is 9.59 Å². The van der Waals surface area contributed by atoms with Gasteiger partial charge in [0, 0.05) is 11.6 Å². The number of ether oxygens (including phenoxy) is 2. The maximum Gasteiger partial charge on any atom is 0.333 e. The Morgan fingerprint density at radius 1 is 1.12 bits per heavy atom. The summed E-state index contributed by atoms with van der Waals surface area (Å²) in [7, 11) is 0. The van der Waals surface area contributed by atoms with Crippen molar-refractivity contribution in [3.8, 4) is 0 Å². The van der Waals surface area contributed by atoms with Crippen LogP contribution in [0.25, 0.3) is 6.08 Å². The van der Waals surface area contributed by atoms with Gasteiger partial charge in [0.1, 0.15) is 0 Å². The third-order valence-electron chi connectivity index (χ3n) is 2.95. The molecule has 25 heavy (non-hydrogen) atoms. The van der Waals surface area contributed by atoms with E-state index in [1.165, 1.54) is 0 Å². The molecule has 0 aliphatic rings. The Balaban J connectivity index is 0.000000697. The van der Waals surface area contributed by atoms with Crippen LogP contribution < -0.4 is 0 Å².